The van der Waals surface area contributed by atoms with E-state index in [1.165, 1.54) is 18.2 Å². The zero-order chi connectivity index (χ0) is 24.0. The summed E-state index contributed by atoms with van der Waals surface area (Å²) in [5, 5.41) is 3.41. The highest BCUT2D eigenvalue weighted by molar-refractivity contribution is 7.89. The molecule has 9 heteroatoms. The number of hydrogen-bond donors (Lipinski definition) is 2. The molecule has 0 aliphatic carbocycles. The maximum absolute atomic E-state index is 13.2. The van der Waals surface area contributed by atoms with Crippen molar-refractivity contribution < 1.29 is 17.9 Å². The van der Waals surface area contributed by atoms with E-state index >= 15 is 0 Å². The number of sulfonamides is 1. The second-order valence-electron chi connectivity index (χ2n) is 7.34. The highest BCUT2D eigenvalue weighted by Gasteiger charge is 2.27. The SMILES string of the molecule is CCOc1ccc(S(=O)(=O)N[C@@H](Cc2ccccc2)C(=O)Nc2cc(Cl)ccc2C)cc1Cl. The van der Waals surface area contributed by atoms with Crippen LogP contribution in [0, 0.1) is 6.92 Å². The Bertz CT molecular complexity index is 1230. The Morgan fingerprint density at radius 3 is 2.42 bits per heavy atom. The zero-order valence-corrected chi connectivity index (χ0v) is 20.5. The summed E-state index contributed by atoms with van der Waals surface area (Å²) < 4.78 is 34.1. The molecule has 1 atom stereocenters. The number of halogens is 2. The van der Waals surface area contributed by atoms with E-state index in [1.54, 1.807) is 25.1 Å². The fourth-order valence-electron chi connectivity index (χ4n) is 3.16. The maximum Gasteiger partial charge on any atom is 0.242 e. The van der Waals surface area contributed by atoms with Crippen molar-refractivity contribution in [2.24, 2.45) is 0 Å². The average Bonchev–Trinajstić information content (AvgIpc) is 2.78. The zero-order valence-electron chi connectivity index (χ0n) is 18.1. The lowest BCUT2D eigenvalue weighted by atomic mass is 10.1. The summed E-state index contributed by atoms with van der Waals surface area (Å²) in [6.45, 7) is 4.02. The highest BCUT2D eigenvalue weighted by Crippen LogP contribution is 2.28. The molecule has 0 heterocycles. The van der Waals surface area contributed by atoms with E-state index in [0.717, 1.165) is 11.1 Å². The summed E-state index contributed by atoms with van der Waals surface area (Å²) in [5.41, 5.74) is 2.11. The summed E-state index contributed by atoms with van der Waals surface area (Å²) in [6.07, 6.45) is 0.149. The molecule has 1 amide bonds. The molecule has 0 aliphatic rings. The van der Waals surface area contributed by atoms with E-state index in [-0.39, 0.29) is 16.3 Å². The standard InChI is InChI=1S/C24H24Cl2N2O4S/c1-3-32-23-12-11-19(15-20(23)26)33(30,31)28-22(13-17-7-5-4-6-8-17)24(29)27-21-14-18(25)10-9-16(21)2/h4-12,14-15,22,28H,3,13H2,1-2H3,(H,27,29)/t22-/m0/s1. The minimum Gasteiger partial charge on any atom is -0.492 e. The Kier molecular flexibility index (Phi) is 8.37. The van der Waals surface area contributed by atoms with E-state index in [1.807, 2.05) is 37.3 Å². The van der Waals surface area contributed by atoms with Crippen LogP contribution in [0.1, 0.15) is 18.1 Å². The van der Waals surface area contributed by atoms with Crippen LogP contribution in [0.25, 0.3) is 0 Å². The van der Waals surface area contributed by atoms with Crippen molar-refractivity contribution in [1.82, 2.24) is 4.72 Å². The van der Waals surface area contributed by atoms with Gasteiger partial charge in [0.15, 0.2) is 0 Å². The molecule has 3 aromatic carbocycles. The third kappa shape index (κ3) is 6.71. The molecule has 0 bridgehead atoms. The summed E-state index contributed by atoms with van der Waals surface area (Å²) >= 11 is 12.2. The second kappa shape index (κ2) is 11.0. The molecule has 0 aromatic heterocycles. The molecule has 0 saturated carbocycles. The molecule has 0 aliphatic heterocycles. The second-order valence-corrected chi connectivity index (χ2v) is 9.89. The smallest absolute Gasteiger partial charge is 0.242 e. The number of hydrogen-bond acceptors (Lipinski definition) is 4. The molecule has 3 rings (SSSR count). The van der Waals surface area contributed by atoms with Gasteiger partial charge in [-0.15, -0.1) is 0 Å². The Balaban J connectivity index is 1.89. The van der Waals surface area contributed by atoms with Crippen molar-refractivity contribution in [3.8, 4) is 5.75 Å². The average molecular weight is 507 g/mol. The third-order valence-electron chi connectivity index (χ3n) is 4.87. The first-order chi connectivity index (χ1) is 15.7. The van der Waals surface area contributed by atoms with Crippen LogP contribution in [0.4, 0.5) is 5.69 Å². The van der Waals surface area contributed by atoms with Crippen LogP contribution in [0.5, 0.6) is 5.75 Å². The number of anilines is 1. The van der Waals surface area contributed by atoms with Crippen molar-refractivity contribution >= 4 is 44.8 Å². The molecule has 0 radical (unpaired) electrons. The number of rotatable bonds is 9. The Hall–Kier alpha value is -2.58. The van der Waals surface area contributed by atoms with Gasteiger partial charge in [-0.1, -0.05) is 59.6 Å². The molecule has 33 heavy (non-hydrogen) atoms. The van der Waals surface area contributed by atoms with Gasteiger partial charge in [-0.3, -0.25) is 4.79 Å². The van der Waals surface area contributed by atoms with Crippen LogP contribution in [-0.4, -0.2) is 27.0 Å². The van der Waals surface area contributed by atoms with Gasteiger partial charge in [-0.25, -0.2) is 8.42 Å². The third-order valence-corrected chi connectivity index (χ3v) is 6.87. The number of ether oxygens (including phenoxy) is 1. The molecule has 6 nitrogen and oxygen atoms in total. The van der Waals surface area contributed by atoms with Gasteiger partial charge in [-0.2, -0.15) is 4.72 Å². The molecular weight excluding hydrogens is 483 g/mol. The highest BCUT2D eigenvalue weighted by atomic mass is 35.5. The first-order valence-corrected chi connectivity index (χ1v) is 12.5. The van der Waals surface area contributed by atoms with E-state index in [4.69, 9.17) is 27.9 Å². The normalized spacial score (nSPS) is 12.2. The molecule has 0 saturated heterocycles. The molecule has 0 spiro atoms. The minimum atomic E-state index is -4.07. The van der Waals surface area contributed by atoms with E-state index in [9.17, 15) is 13.2 Å². The number of benzene rings is 3. The molecule has 174 valence electrons. The summed E-state index contributed by atoms with van der Waals surface area (Å²) in [5.74, 6) is -0.127. The Labute approximate surface area is 203 Å². The van der Waals surface area contributed by atoms with Crippen LogP contribution in [0.2, 0.25) is 10.0 Å². The van der Waals surface area contributed by atoms with Gasteiger partial charge in [0.1, 0.15) is 11.8 Å². The predicted octanol–water partition coefficient (Wildman–Crippen LogP) is 5.23. The fourth-order valence-corrected chi connectivity index (χ4v) is 4.86. The van der Waals surface area contributed by atoms with Crippen LogP contribution in [0.15, 0.2) is 71.6 Å². The van der Waals surface area contributed by atoms with Crippen LogP contribution < -0.4 is 14.8 Å². The number of carbonyl (C=O) groups is 1. The monoisotopic (exact) mass is 506 g/mol. The van der Waals surface area contributed by atoms with Gasteiger partial charge >= 0.3 is 0 Å². The quantitative estimate of drug-likeness (QED) is 0.416. The van der Waals surface area contributed by atoms with Gasteiger partial charge in [-0.05, 0) is 61.7 Å². The number of aryl methyl sites for hydroxylation is 1. The predicted molar refractivity (Wildman–Crippen MR) is 132 cm³/mol. The van der Waals surface area contributed by atoms with Crippen molar-refractivity contribution in [3.05, 3.63) is 87.9 Å². The van der Waals surface area contributed by atoms with Gasteiger partial charge in [0.05, 0.1) is 16.5 Å². The fraction of sp³-hybridized carbons (Fsp3) is 0.208. The summed E-state index contributed by atoms with van der Waals surface area (Å²) in [6, 6.07) is 17.4. The number of carbonyl (C=O) groups excluding carboxylic acids is 1. The van der Waals surface area contributed by atoms with E-state index in [2.05, 4.69) is 10.0 Å². The van der Waals surface area contributed by atoms with Crippen molar-refractivity contribution in [2.45, 2.75) is 31.2 Å². The Morgan fingerprint density at radius 2 is 1.76 bits per heavy atom. The van der Waals surface area contributed by atoms with Crippen molar-refractivity contribution in [2.75, 3.05) is 11.9 Å². The molecular formula is C24H24Cl2N2O4S. The van der Waals surface area contributed by atoms with Crippen LogP contribution in [0.3, 0.4) is 0 Å². The molecule has 3 aromatic rings. The Morgan fingerprint density at radius 1 is 1.03 bits per heavy atom. The van der Waals surface area contributed by atoms with Crippen LogP contribution >= 0.6 is 23.2 Å². The summed E-state index contributed by atoms with van der Waals surface area (Å²) in [7, 11) is -4.07. The molecule has 0 unspecified atom stereocenters. The summed E-state index contributed by atoms with van der Waals surface area (Å²) in [4.78, 5) is 13.1. The van der Waals surface area contributed by atoms with E-state index < -0.39 is 22.0 Å². The lowest BCUT2D eigenvalue weighted by Gasteiger charge is -2.20. The minimum absolute atomic E-state index is 0.0687. The van der Waals surface area contributed by atoms with Crippen LogP contribution in [-0.2, 0) is 21.2 Å². The van der Waals surface area contributed by atoms with Gasteiger partial charge < -0.3 is 10.1 Å². The molecule has 0 fully saturated rings. The number of amides is 1. The van der Waals surface area contributed by atoms with Gasteiger partial charge in [0.2, 0.25) is 15.9 Å². The first-order valence-electron chi connectivity index (χ1n) is 10.2. The lowest BCUT2D eigenvalue weighted by molar-refractivity contribution is -0.117. The maximum atomic E-state index is 13.2. The topological polar surface area (TPSA) is 84.5 Å². The van der Waals surface area contributed by atoms with Crippen molar-refractivity contribution in [3.63, 3.8) is 0 Å². The first kappa shape index (κ1) is 25.1. The van der Waals surface area contributed by atoms with E-state index in [0.29, 0.717) is 23.1 Å². The number of nitrogens with one attached hydrogen (secondary N) is 2. The van der Waals surface area contributed by atoms with Crippen molar-refractivity contribution in [1.29, 1.82) is 0 Å². The largest absolute Gasteiger partial charge is 0.492 e. The lowest BCUT2D eigenvalue weighted by Crippen LogP contribution is -2.45. The van der Waals surface area contributed by atoms with Gasteiger partial charge in [0.25, 0.3) is 0 Å². The molecule has 2 N–H and O–H groups in total. The van der Waals surface area contributed by atoms with Gasteiger partial charge in [0, 0.05) is 10.7 Å².